The molecule has 5 rings (SSSR count). The summed E-state index contributed by atoms with van der Waals surface area (Å²) in [5.74, 6) is 0.641. The number of hydrogen-bond acceptors (Lipinski definition) is 7. The zero-order chi connectivity index (χ0) is 24.1. The first-order chi connectivity index (χ1) is 16.2. The van der Waals surface area contributed by atoms with E-state index in [1.54, 1.807) is 14.2 Å². The van der Waals surface area contributed by atoms with Gasteiger partial charge in [-0.05, 0) is 51.2 Å². The van der Waals surface area contributed by atoms with Gasteiger partial charge in [0.25, 0.3) is 0 Å². The van der Waals surface area contributed by atoms with E-state index in [1.807, 2.05) is 18.2 Å². The Morgan fingerprint density at radius 3 is 2.53 bits per heavy atom. The van der Waals surface area contributed by atoms with E-state index in [0.717, 1.165) is 63.3 Å². The maximum Gasteiger partial charge on any atom is 0.310 e. The zero-order valence-corrected chi connectivity index (χ0v) is 21.1. The van der Waals surface area contributed by atoms with Gasteiger partial charge < -0.3 is 24.2 Å². The van der Waals surface area contributed by atoms with Crippen molar-refractivity contribution in [2.24, 2.45) is 17.3 Å². The maximum atomic E-state index is 13.0. The van der Waals surface area contributed by atoms with Gasteiger partial charge in [0.2, 0.25) is 0 Å². The molecule has 2 heterocycles. The van der Waals surface area contributed by atoms with Crippen molar-refractivity contribution in [3.63, 3.8) is 0 Å². The lowest BCUT2D eigenvalue weighted by molar-refractivity contribution is -0.270. The monoisotopic (exact) mass is 472 g/mol. The van der Waals surface area contributed by atoms with Gasteiger partial charge in [-0.25, -0.2) is 0 Å². The van der Waals surface area contributed by atoms with Crippen LogP contribution >= 0.6 is 0 Å². The first-order valence-corrected chi connectivity index (χ1v) is 12.8. The number of benzene rings is 1. The first-order valence-electron chi connectivity index (χ1n) is 12.8. The molecule has 2 saturated heterocycles. The Bertz CT molecular complexity index is 918. The van der Waals surface area contributed by atoms with Crippen molar-refractivity contribution < 1.29 is 24.1 Å². The fourth-order valence-corrected chi connectivity index (χ4v) is 7.43. The van der Waals surface area contributed by atoms with Crippen molar-refractivity contribution in [1.29, 1.82) is 0 Å². The quantitative estimate of drug-likeness (QED) is 0.661. The van der Waals surface area contributed by atoms with Gasteiger partial charge in [-0.1, -0.05) is 19.1 Å². The van der Waals surface area contributed by atoms with Gasteiger partial charge in [-0.2, -0.15) is 0 Å². The van der Waals surface area contributed by atoms with Crippen molar-refractivity contribution in [2.75, 3.05) is 51.8 Å². The minimum Gasteiger partial charge on any atom is -0.495 e. The number of hydrogen-bond donors (Lipinski definition) is 1. The molecule has 2 saturated carbocycles. The molecule has 1 N–H and O–H groups in total. The molecule has 4 fully saturated rings. The maximum absolute atomic E-state index is 13.0. The van der Waals surface area contributed by atoms with Crippen LogP contribution in [0.2, 0.25) is 0 Å². The highest BCUT2D eigenvalue weighted by Crippen LogP contribution is 2.61. The van der Waals surface area contributed by atoms with Crippen LogP contribution in [-0.4, -0.2) is 80.2 Å². The molecule has 0 amide bonds. The molecular formula is C27H40N2O5. The first kappa shape index (κ1) is 23.9. The Hall–Kier alpha value is -1.83. The second kappa shape index (κ2) is 8.68. The lowest BCUT2D eigenvalue weighted by Gasteiger charge is -2.62. The lowest BCUT2D eigenvalue weighted by atomic mass is 9.49. The molecule has 1 aromatic rings. The van der Waals surface area contributed by atoms with E-state index in [2.05, 4.69) is 29.7 Å². The molecule has 2 aliphatic heterocycles. The SMILES string of the molecule is COc1ccccc1N1CCN(C[C@H]2C(=O)O[C@@H]3C[C@@]4(C)CCC[C@@](C)(OC)[C@]4(O)C[C@H]32)CC1. The summed E-state index contributed by atoms with van der Waals surface area (Å²) in [6.07, 6.45) is 3.99. The zero-order valence-electron chi connectivity index (χ0n) is 21.1. The Morgan fingerprint density at radius 1 is 1.09 bits per heavy atom. The number of ether oxygens (including phenoxy) is 3. The average molecular weight is 473 g/mol. The van der Waals surface area contributed by atoms with Crippen molar-refractivity contribution in [1.82, 2.24) is 4.90 Å². The molecule has 0 unspecified atom stereocenters. The van der Waals surface area contributed by atoms with Gasteiger partial charge in [0.1, 0.15) is 11.9 Å². The number of fused-ring (bicyclic) bond motifs is 2. The van der Waals surface area contributed by atoms with Gasteiger partial charge in [0.05, 0.1) is 29.9 Å². The van der Waals surface area contributed by atoms with E-state index in [9.17, 15) is 9.90 Å². The summed E-state index contributed by atoms with van der Waals surface area (Å²) in [4.78, 5) is 17.8. The highest BCUT2D eigenvalue weighted by molar-refractivity contribution is 5.75. The predicted octanol–water partition coefficient (Wildman–Crippen LogP) is 3.10. The summed E-state index contributed by atoms with van der Waals surface area (Å²) in [7, 11) is 3.42. The fourth-order valence-electron chi connectivity index (χ4n) is 7.43. The molecule has 34 heavy (non-hydrogen) atoms. The third-order valence-corrected chi connectivity index (χ3v) is 9.71. The number of para-hydroxylation sites is 2. The third kappa shape index (κ3) is 3.62. The number of methoxy groups -OCH3 is 2. The van der Waals surface area contributed by atoms with Crippen molar-refractivity contribution in [2.45, 2.75) is 63.3 Å². The van der Waals surface area contributed by atoms with Crippen molar-refractivity contribution >= 4 is 11.7 Å². The number of carbonyl (C=O) groups is 1. The number of aliphatic hydroxyl groups is 1. The van der Waals surface area contributed by atoms with Crippen LogP contribution in [0.1, 0.15) is 46.0 Å². The summed E-state index contributed by atoms with van der Waals surface area (Å²) < 4.78 is 17.4. The molecule has 1 aromatic carbocycles. The van der Waals surface area contributed by atoms with Crippen LogP contribution in [0.3, 0.4) is 0 Å². The Morgan fingerprint density at radius 2 is 1.82 bits per heavy atom. The van der Waals surface area contributed by atoms with E-state index in [1.165, 1.54) is 0 Å². The van der Waals surface area contributed by atoms with Crippen LogP contribution in [0.25, 0.3) is 0 Å². The fraction of sp³-hybridized carbons (Fsp3) is 0.741. The van der Waals surface area contributed by atoms with Gasteiger partial charge >= 0.3 is 5.97 Å². The summed E-state index contributed by atoms with van der Waals surface area (Å²) in [6.45, 7) is 8.45. The summed E-state index contributed by atoms with van der Waals surface area (Å²) >= 11 is 0. The molecule has 7 nitrogen and oxygen atoms in total. The number of esters is 1. The van der Waals surface area contributed by atoms with Crippen LogP contribution in [-0.2, 0) is 14.3 Å². The number of rotatable bonds is 5. The predicted molar refractivity (Wildman–Crippen MR) is 130 cm³/mol. The van der Waals surface area contributed by atoms with Crippen molar-refractivity contribution in [3.05, 3.63) is 24.3 Å². The van der Waals surface area contributed by atoms with E-state index >= 15 is 0 Å². The molecule has 6 atom stereocenters. The minimum atomic E-state index is -0.955. The summed E-state index contributed by atoms with van der Waals surface area (Å²) in [5.41, 5.74) is -0.730. The van der Waals surface area contributed by atoms with Crippen LogP contribution in [0.5, 0.6) is 5.75 Å². The van der Waals surface area contributed by atoms with Crippen molar-refractivity contribution in [3.8, 4) is 5.75 Å². The van der Waals surface area contributed by atoms with Gasteiger partial charge in [0.15, 0.2) is 0 Å². The van der Waals surface area contributed by atoms with Crippen LogP contribution in [0, 0.1) is 17.3 Å². The normalized spacial score (nSPS) is 40.4. The topological polar surface area (TPSA) is 71.5 Å². The van der Waals surface area contributed by atoms with E-state index in [-0.39, 0.29) is 29.3 Å². The number of carbonyl (C=O) groups excluding carboxylic acids is 1. The number of anilines is 1. The number of nitrogens with zero attached hydrogens (tertiary/aromatic N) is 2. The molecule has 7 heteroatoms. The van der Waals surface area contributed by atoms with E-state index < -0.39 is 11.2 Å². The smallest absolute Gasteiger partial charge is 0.310 e. The standard InChI is InChI=1S/C27H40N2O5/c1-25-10-7-11-26(2,33-4)27(25,31)16-19-20(24(30)34-23(19)17-25)18-28-12-14-29(15-13-28)21-8-5-6-9-22(21)32-3/h5-6,8-9,19-20,23,31H,7,10-18H2,1-4H3/t19-,20+,23+,25+,26+,27-/m0/s1. The molecular weight excluding hydrogens is 432 g/mol. The van der Waals surface area contributed by atoms with E-state index in [0.29, 0.717) is 13.0 Å². The van der Waals surface area contributed by atoms with Crippen LogP contribution < -0.4 is 9.64 Å². The number of piperazine rings is 1. The molecule has 0 spiro atoms. The molecule has 0 aromatic heterocycles. The largest absolute Gasteiger partial charge is 0.495 e. The summed E-state index contributed by atoms with van der Waals surface area (Å²) in [5, 5.41) is 12.1. The highest BCUT2D eigenvalue weighted by Gasteiger charge is 2.67. The average Bonchev–Trinajstić information content (AvgIpc) is 3.12. The Balaban J connectivity index is 1.28. The molecule has 0 bridgehead atoms. The van der Waals surface area contributed by atoms with Crippen LogP contribution in [0.15, 0.2) is 24.3 Å². The highest BCUT2D eigenvalue weighted by atomic mass is 16.6. The molecule has 4 aliphatic rings. The lowest BCUT2D eigenvalue weighted by Crippen LogP contribution is -2.69. The Labute approximate surface area is 203 Å². The van der Waals surface area contributed by atoms with Gasteiger partial charge in [-0.3, -0.25) is 9.69 Å². The Kier molecular flexibility index (Phi) is 6.10. The molecule has 188 valence electrons. The van der Waals surface area contributed by atoms with E-state index in [4.69, 9.17) is 14.2 Å². The minimum absolute atomic E-state index is 0.0328. The summed E-state index contributed by atoms with van der Waals surface area (Å²) in [6, 6.07) is 8.13. The van der Waals surface area contributed by atoms with Gasteiger partial charge in [-0.15, -0.1) is 0 Å². The second-order valence-electron chi connectivity index (χ2n) is 11.3. The van der Waals surface area contributed by atoms with Gasteiger partial charge in [0, 0.05) is 51.2 Å². The third-order valence-electron chi connectivity index (χ3n) is 9.71. The van der Waals surface area contributed by atoms with Crippen LogP contribution in [0.4, 0.5) is 5.69 Å². The second-order valence-corrected chi connectivity index (χ2v) is 11.3. The molecule has 0 radical (unpaired) electrons. The molecule has 2 aliphatic carbocycles.